The summed E-state index contributed by atoms with van der Waals surface area (Å²) in [7, 11) is 0. The van der Waals surface area contributed by atoms with E-state index in [9.17, 15) is 9.59 Å². The maximum Gasteiger partial charge on any atom is 0.252 e. The molecule has 6 atom stereocenters. The number of hydrogen-bond acceptors (Lipinski definition) is 3. The number of hydrogen-bond donors (Lipinski definition) is 1. The molecule has 6 heteroatoms. The van der Waals surface area contributed by atoms with Gasteiger partial charge in [0.1, 0.15) is 0 Å². The van der Waals surface area contributed by atoms with Crippen LogP contribution in [0.2, 0.25) is 0 Å². The highest BCUT2D eigenvalue weighted by Gasteiger charge is 2.66. The van der Waals surface area contributed by atoms with Crippen molar-refractivity contribution in [2.45, 2.75) is 16.1 Å². The normalized spacial score (nSPS) is 40.8. The monoisotopic (exact) mass is 412 g/mol. The second kappa shape index (κ2) is 4.81. The first kappa shape index (κ1) is 13.8. The van der Waals surface area contributed by atoms with Gasteiger partial charge in [-0.05, 0) is 30.4 Å². The maximum absolute atomic E-state index is 12.7. The highest BCUT2D eigenvalue weighted by molar-refractivity contribution is 9.12. The number of halogens is 2. The van der Waals surface area contributed by atoms with E-state index < -0.39 is 0 Å². The molecule has 110 valence electrons. The molecule has 0 unspecified atom stereocenters. The summed E-state index contributed by atoms with van der Waals surface area (Å²) in [5.41, 5.74) is 3.73. The molecule has 0 spiro atoms. The van der Waals surface area contributed by atoms with Crippen LogP contribution in [0.25, 0.3) is 0 Å². The van der Waals surface area contributed by atoms with E-state index in [0.29, 0.717) is 0 Å². The lowest BCUT2D eigenvalue weighted by Crippen LogP contribution is -2.38. The van der Waals surface area contributed by atoms with Gasteiger partial charge in [0.05, 0.1) is 17.5 Å². The van der Waals surface area contributed by atoms with Crippen LogP contribution in [-0.4, -0.2) is 26.5 Å². The van der Waals surface area contributed by atoms with Crippen LogP contribution in [0.5, 0.6) is 0 Å². The molecule has 3 aliphatic rings. The number of carbonyl (C=O) groups is 2. The van der Waals surface area contributed by atoms with Crippen molar-refractivity contribution in [2.24, 2.45) is 23.7 Å². The molecule has 1 aliphatic heterocycles. The van der Waals surface area contributed by atoms with Gasteiger partial charge in [0.2, 0.25) is 0 Å². The zero-order valence-electron chi connectivity index (χ0n) is 11.1. The summed E-state index contributed by atoms with van der Waals surface area (Å²) in [5, 5.41) is 1.23. The van der Waals surface area contributed by atoms with Crippen molar-refractivity contribution < 1.29 is 9.59 Å². The first-order valence-electron chi connectivity index (χ1n) is 7.07. The molecule has 2 bridgehead atoms. The summed E-state index contributed by atoms with van der Waals surface area (Å²) in [6.07, 6.45) is 0.956. The molecular formula is C15H14Br2N2O2. The average molecular weight is 414 g/mol. The van der Waals surface area contributed by atoms with E-state index >= 15 is 0 Å². The SMILES string of the molecule is O=C1[C@@H]2[C@H]3C[C@H]([C@H](Br)[C@@H]3Br)[C@@H]2C(=O)N1Nc1ccccc1. The summed E-state index contributed by atoms with van der Waals surface area (Å²) in [6.45, 7) is 0. The van der Waals surface area contributed by atoms with Crippen molar-refractivity contribution in [3.8, 4) is 0 Å². The van der Waals surface area contributed by atoms with E-state index in [0.717, 1.165) is 12.1 Å². The van der Waals surface area contributed by atoms with Crippen LogP contribution in [0.4, 0.5) is 5.69 Å². The topological polar surface area (TPSA) is 49.4 Å². The highest BCUT2D eigenvalue weighted by Crippen LogP contribution is 2.60. The standard InChI is InChI=1S/C15H14Br2N2O2/c16-12-8-6-9(13(12)17)11-10(8)14(20)19(15(11)21)18-7-4-2-1-3-5-7/h1-5,8-13,18H,6H2/t8-,9+,10-,11+,12-,13+. The van der Waals surface area contributed by atoms with Gasteiger partial charge < -0.3 is 0 Å². The number of nitrogens with zero attached hydrogens (tertiary/aromatic N) is 1. The number of para-hydroxylation sites is 1. The van der Waals surface area contributed by atoms with E-state index in [1.165, 1.54) is 5.01 Å². The molecule has 1 saturated heterocycles. The number of anilines is 1. The van der Waals surface area contributed by atoms with Gasteiger partial charge in [0, 0.05) is 9.65 Å². The third kappa shape index (κ3) is 1.84. The summed E-state index contributed by atoms with van der Waals surface area (Å²) in [4.78, 5) is 25.9. The van der Waals surface area contributed by atoms with Crippen molar-refractivity contribution in [2.75, 3.05) is 5.43 Å². The molecular weight excluding hydrogens is 400 g/mol. The van der Waals surface area contributed by atoms with Gasteiger partial charge in [0.25, 0.3) is 11.8 Å². The summed E-state index contributed by atoms with van der Waals surface area (Å²) >= 11 is 7.36. The Morgan fingerprint density at radius 3 is 2.00 bits per heavy atom. The van der Waals surface area contributed by atoms with Crippen LogP contribution in [0.15, 0.2) is 30.3 Å². The van der Waals surface area contributed by atoms with Crippen LogP contribution in [0.1, 0.15) is 6.42 Å². The first-order chi connectivity index (χ1) is 10.1. The molecule has 4 rings (SSSR count). The van der Waals surface area contributed by atoms with Crippen LogP contribution >= 0.6 is 31.9 Å². The Labute approximate surface area is 139 Å². The first-order valence-corrected chi connectivity index (χ1v) is 8.90. The third-order valence-corrected chi connectivity index (χ3v) is 8.21. The Morgan fingerprint density at radius 1 is 0.952 bits per heavy atom. The molecule has 1 aromatic rings. The Morgan fingerprint density at radius 2 is 1.48 bits per heavy atom. The van der Waals surface area contributed by atoms with Gasteiger partial charge in [-0.2, -0.15) is 5.01 Å². The van der Waals surface area contributed by atoms with Crippen molar-refractivity contribution in [3.05, 3.63) is 30.3 Å². The molecule has 1 heterocycles. The van der Waals surface area contributed by atoms with Crippen molar-refractivity contribution in [1.82, 2.24) is 5.01 Å². The Hall–Kier alpha value is -0.880. The van der Waals surface area contributed by atoms with E-state index in [1.54, 1.807) is 0 Å². The number of benzene rings is 1. The number of hydrazine groups is 1. The third-order valence-electron chi connectivity index (χ3n) is 5.00. The lowest BCUT2D eigenvalue weighted by atomic mass is 9.81. The Bertz CT molecular complexity index is 577. The van der Waals surface area contributed by atoms with E-state index in [2.05, 4.69) is 37.3 Å². The smallest absolute Gasteiger partial charge is 0.252 e. The van der Waals surface area contributed by atoms with Gasteiger partial charge in [-0.1, -0.05) is 50.1 Å². The molecule has 1 aromatic carbocycles. The van der Waals surface area contributed by atoms with Crippen LogP contribution < -0.4 is 5.43 Å². The fourth-order valence-electron chi connectivity index (χ4n) is 4.10. The summed E-state index contributed by atoms with van der Waals surface area (Å²) in [6, 6.07) is 9.36. The molecule has 3 fully saturated rings. The van der Waals surface area contributed by atoms with Gasteiger partial charge in [-0.3, -0.25) is 15.0 Å². The lowest BCUT2D eigenvalue weighted by molar-refractivity contribution is -0.139. The predicted molar refractivity (Wildman–Crippen MR) is 85.9 cm³/mol. The fourth-order valence-corrected chi connectivity index (χ4v) is 5.97. The van der Waals surface area contributed by atoms with Gasteiger partial charge in [-0.15, -0.1) is 0 Å². The lowest BCUT2D eigenvalue weighted by Gasteiger charge is -2.28. The molecule has 1 N–H and O–H groups in total. The minimum absolute atomic E-state index is 0.0785. The average Bonchev–Trinajstić information content (AvgIpc) is 3.09. The van der Waals surface area contributed by atoms with Gasteiger partial charge >= 0.3 is 0 Å². The summed E-state index contributed by atoms with van der Waals surface area (Å²) < 4.78 is 0. The number of nitrogens with one attached hydrogen (secondary N) is 1. The predicted octanol–water partition coefficient (Wildman–Crippen LogP) is 2.79. The summed E-state index contributed by atoms with van der Waals surface area (Å²) in [5.74, 6) is 0.0102. The molecule has 2 saturated carbocycles. The number of amides is 2. The van der Waals surface area contributed by atoms with Gasteiger partial charge in [-0.25, -0.2) is 0 Å². The van der Waals surface area contributed by atoms with Crippen LogP contribution in [-0.2, 0) is 9.59 Å². The van der Waals surface area contributed by atoms with Crippen molar-refractivity contribution in [3.63, 3.8) is 0 Å². The van der Waals surface area contributed by atoms with E-state index in [4.69, 9.17) is 0 Å². The molecule has 21 heavy (non-hydrogen) atoms. The molecule has 2 amide bonds. The number of fused-ring (bicyclic) bond motifs is 5. The largest absolute Gasteiger partial charge is 0.289 e. The second-order valence-corrected chi connectivity index (χ2v) is 8.11. The number of carbonyl (C=O) groups excluding carboxylic acids is 2. The molecule has 2 aliphatic carbocycles. The molecule has 0 radical (unpaired) electrons. The minimum Gasteiger partial charge on any atom is -0.289 e. The maximum atomic E-state index is 12.7. The van der Waals surface area contributed by atoms with Crippen molar-refractivity contribution >= 4 is 49.4 Å². The zero-order chi connectivity index (χ0) is 14.7. The van der Waals surface area contributed by atoms with Gasteiger partial charge in [0.15, 0.2) is 0 Å². The van der Waals surface area contributed by atoms with E-state index in [-0.39, 0.29) is 45.1 Å². The van der Waals surface area contributed by atoms with E-state index in [1.807, 2.05) is 30.3 Å². The quantitative estimate of drug-likeness (QED) is 0.599. The highest BCUT2D eigenvalue weighted by atomic mass is 79.9. The molecule has 4 nitrogen and oxygen atoms in total. The Kier molecular flexibility index (Phi) is 3.15. The zero-order valence-corrected chi connectivity index (χ0v) is 14.2. The minimum atomic E-state index is -0.170. The number of imide groups is 1. The van der Waals surface area contributed by atoms with Crippen molar-refractivity contribution in [1.29, 1.82) is 0 Å². The Balaban J connectivity index is 1.62. The van der Waals surface area contributed by atoms with Crippen LogP contribution in [0.3, 0.4) is 0 Å². The molecule has 0 aromatic heterocycles. The second-order valence-electron chi connectivity index (χ2n) is 5.99. The fraction of sp³-hybridized carbons (Fsp3) is 0.467. The van der Waals surface area contributed by atoms with Crippen LogP contribution in [0, 0.1) is 23.7 Å². The number of alkyl halides is 2. The number of rotatable bonds is 2.